The third-order valence-corrected chi connectivity index (χ3v) is 5.92. The van der Waals surface area contributed by atoms with Crippen molar-refractivity contribution in [2.24, 2.45) is 5.92 Å². The first-order chi connectivity index (χ1) is 15.3. The molecule has 2 aromatic carbocycles. The zero-order valence-electron chi connectivity index (χ0n) is 19.6. The summed E-state index contributed by atoms with van der Waals surface area (Å²) in [5.74, 6) is -2.57. The first-order valence-corrected chi connectivity index (χ1v) is 11.2. The predicted octanol–water partition coefficient (Wildman–Crippen LogP) is 7.41. The van der Waals surface area contributed by atoms with E-state index in [0.29, 0.717) is 36.4 Å². The molecule has 0 bridgehead atoms. The van der Waals surface area contributed by atoms with E-state index in [0.717, 1.165) is 5.92 Å². The Balaban J connectivity index is 0.000000309. The maximum atomic E-state index is 14.2. The summed E-state index contributed by atoms with van der Waals surface area (Å²) in [4.78, 5) is 10.8. The van der Waals surface area contributed by atoms with Crippen LogP contribution in [0.5, 0.6) is 11.5 Å². The van der Waals surface area contributed by atoms with Gasteiger partial charge in [0, 0.05) is 24.7 Å². The lowest BCUT2D eigenvalue weighted by Crippen LogP contribution is -2.10. The van der Waals surface area contributed by atoms with Crippen molar-refractivity contribution in [3.8, 4) is 11.5 Å². The molecule has 0 radical (unpaired) electrons. The summed E-state index contributed by atoms with van der Waals surface area (Å²) in [5.41, 5.74) is 1.10. The molecule has 0 spiro atoms. The number of carbonyl (C=O) groups excluding carboxylic acids is 1. The third-order valence-electron chi connectivity index (χ3n) is 5.92. The Hall–Kier alpha value is -2.34. The van der Waals surface area contributed by atoms with E-state index in [2.05, 4.69) is 20.8 Å². The lowest BCUT2D eigenvalue weighted by atomic mass is 9.95. The van der Waals surface area contributed by atoms with Crippen molar-refractivity contribution in [2.45, 2.75) is 72.3 Å². The number of fused-ring (bicyclic) bond motifs is 2. The van der Waals surface area contributed by atoms with Crippen LogP contribution in [0.25, 0.3) is 0 Å². The predicted molar refractivity (Wildman–Crippen MR) is 120 cm³/mol. The van der Waals surface area contributed by atoms with Gasteiger partial charge < -0.3 is 9.47 Å². The SMILES string of the molecule is CCC(C)CCC(C)OC.CCCc1cc2c(c(F)c1F)Oc1c(ccc(C=O)c1F)C2. The van der Waals surface area contributed by atoms with Crippen molar-refractivity contribution in [3.63, 3.8) is 0 Å². The van der Waals surface area contributed by atoms with Gasteiger partial charge in [0.1, 0.15) is 0 Å². The number of methoxy groups -OCH3 is 1. The molecular formula is C26H33F3O3. The summed E-state index contributed by atoms with van der Waals surface area (Å²) >= 11 is 0. The molecule has 3 rings (SSSR count). The fourth-order valence-corrected chi connectivity index (χ4v) is 3.51. The van der Waals surface area contributed by atoms with Gasteiger partial charge in [-0.25, -0.2) is 8.78 Å². The molecule has 2 aromatic rings. The minimum absolute atomic E-state index is 0.175. The number of rotatable bonds is 8. The minimum atomic E-state index is -1.11. The molecule has 1 aliphatic rings. The number of halogens is 3. The van der Waals surface area contributed by atoms with Crippen LogP contribution in [-0.4, -0.2) is 19.5 Å². The van der Waals surface area contributed by atoms with Crippen molar-refractivity contribution < 1.29 is 27.4 Å². The molecule has 32 heavy (non-hydrogen) atoms. The van der Waals surface area contributed by atoms with Crippen molar-refractivity contribution in [1.82, 2.24) is 0 Å². The van der Waals surface area contributed by atoms with E-state index < -0.39 is 17.5 Å². The zero-order valence-corrected chi connectivity index (χ0v) is 19.6. The minimum Gasteiger partial charge on any atom is -0.450 e. The zero-order chi connectivity index (χ0) is 23.8. The number of aldehydes is 1. The lowest BCUT2D eigenvalue weighted by Gasteiger charge is -2.22. The van der Waals surface area contributed by atoms with Crippen LogP contribution in [0.15, 0.2) is 18.2 Å². The number of ether oxygens (including phenoxy) is 2. The molecule has 6 heteroatoms. The molecule has 3 nitrogen and oxygen atoms in total. The van der Waals surface area contributed by atoms with Crippen molar-refractivity contribution in [3.05, 3.63) is 57.9 Å². The maximum Gasteiger partial charge on any atom is 0.201 e. The highest BCUT2D eigenvalue weighted by atomic mass is 19.2. The Bertz CT molecular complexity index is 917. The first-order valence-electron chi connectivity index (χ1n) is 11.2. The number of hydrogen-bond acceptors (Lipinski definition) is 3. The molecule has 0 aromatic heterocycles. The highest BCUT2D eigenvalue weighted by Gasteiger charge is 2.28. The Morgan fingerprint density at radius 1 is 1.03 bits per heavy atom. The molecule has 1 heterocycles. The summed E-state index contributed by atoms with van der Waals surface area (Å²) in [6, 6.07) is 4.47. The number of hydrogen-bond donors (Lipinski definition) is 0. The molecule has 0 amide bonds. The number of benzene rings is 2. The van der Waals surface area contributed by atoms with E-state index >= 15 is 0 Å². The molecule has 2 atom stereocenters. The summed E-state index contributed by atoms with van der Waals surface area (Å²) in [6.07, 6.45) is 5.91. The molecule has 0 saturated carbocycles. The second-order valence-electron chi connectivity index (χ2n) is 8.39. The lowest BCUT2D eigenvalue weighted by molar-refractivity contribution is 0.105. The average Bonchev–Trinajstić information content (AvgIpc) is 2.80. The van der Waals surface area contributed by atoms with E-state index in [-0.39, 0.29) is 29.0 Å². The van der Waals surface area contributed by atoms with E-state index in [1.54, 1.807) is 19.2 Å². The van der Waals surface area contributed by atoms with Crippen molar-refractivity contribution in [2.75, 3.05) is 7.11 Å². The van der Waals surface area contributed by atoms with Crippen molar-refractivity contribution in [1.29, 1.82) is 0 Å². The fourth-order valence-electron chi connectivity index (χ4n) is 3.51. The fraction of sp³-hybridized carbons (Fsp3) is 0.500. The molecule has 2 unspecified atom stereocenters. The van der Waals surface area contributed by atoms with E-state index in [9.17, 15) is 18.0 Å². The quantitative estimate of drug-likeness (QED) is 0.335. The van der Waals surface area contributed by atoms with Crippen LogP contribution >= 0.6 is 0 Å². The maximum absolute atomic E-state index is 14.2. The highest BCUT2D eigenvalue weighted by molar-refractivity contribution is 5.77. The van der Waals surface area contributed by atoms with Gasteiger partial charge in [0.05, 0.1) is 11.7 Å². The third kappa shape index (κ3) is 6.12. The van der Waals surface area contributed by atoms with Gasteiger partial charge in [0.15, 0.2) is 29.4 Å². The van der Waals surface area contributed by atoms with Gasteiger partial charge in [-0.2, -0.15) is 4.39 Å². The van der Waals surface area contributed by atoms with Crippen LogP contribution in [0.2, 0.25) is 0 Å². The molecule has 176 valence electrons. The molecule has 0 fully saturated rings. The summed E-state index contributed by atoms with van der Waals surface area (Å²) in [6.45, 7) is 8.53. The topological polar surface area (TPSA) is 35.5 Å². The summed E-state index contributed by atoms with van der Waals surface area (Å²) in [5, 5.41) is 0. The number of carbonyl (C=O) groups is 1. The van der Waals surface area contributed by atoms with Gasteiger partial charge in [-0.05, 0) is 49.8 Å². The molecular weight excluding hydrogens is 417 g/mol. The van der Waals surface area contributed by atoms with Gasteiger partial charge in [-0.15, -0.1) is 0 Å². The Morgan fingerprint density at radius 2 is 1.72 bits per heavy atom. The van der Waals surface area contributed by atoms with Crippen LogP contribution in [0.3, 0.4) is 0 Å². The normalized spacial score (nSPS) is 13.8. The molecule has 0 N–H and O–H groups in total. The second kappa shape index (κ2) is 12.0. The molecule has 0 saturated heterocycles. The van der Waals surface area contributed by atoms with Gasteiger partial charge in [-0.3, -0.25) is 4.79 Å². The second-order valence-corrected chi connectivity index (χ2v) is 8.39. The van der Waals surface area contributed by atoms with Gasteiger partial charge >= 0.3 is 0 Å². The van der Waals surface area contributed by atoms with E-state index in [4.69, 9.17) is 9.47 Å². The Kier molecular flexibility index (Phi) is 9.76. The van der Waals surface area contributed by atoms with E-state index in [1.807, 2.05) is 6.92 Å². The largest absolute Gasteiger partial charge is 0.450 e. The van der Waals surface area contributed by atoms with Gasteiger partial charge in [-0.1, -0.05) is 39.7 Å². The smallest absolute Gasteiger partial charge is 0.201 e. The van der Waals surface area contributed by atoms with Crippen LogP contribution in [0.4, 0.5) is 13.2 Å². The summed E-state index contributed by atoms with van der Waals surface area (Å²) < 4.78 is 52.7. The van der Waals surface area contributed by atoms with Crippen LogP contribution in [-0.2, 0) is 17.6 Å². The highest BCUT2D eigenvalue weighted by Crippen LogP contribution is 2.42. The Labute approximate surface area is 188 Å². The number of aryl methyl sites for hydroxylation is 1. The van der Waals surface area contributed by atoms with Crippen LogP contribution < -0.4 is 4.74 Å². The van der Waals surface area contributed by atoms with Crippen LogP contribution in [0.1, 0.15) is 80.4 Å². The summed E-state index contributed by atoms with van der Waals surface area (Å²) in [7, 11) is 1.78. The Morgan fingerprint density at radius 3 is 2.31 bits per heavy atom. The molecule has 0 aliphatic carbocycles. The monoisotopic (exact) mass is 450 g/mol. The average molecular weight is 451 g/mol. The standard InChI is InChI=1S/C17H13F3O2.C9H20O/c1-2-3-9-6-12-7-10-4-5-11(8-21)14(19)16(10)22-17(12)15(20)13(9)18;1-5-8(2)6-7-9(3)10-4/h4-6,8H,2-3,7H2,1H3;8-9H,5-7H2,1-4H3. The van der Waals surface area contributed by atoms with Gasteiger partial charge in [0.25, 0.3) is 0 Å². The first kappa shape index (κ1) is 25.9. The van der Waals surface area contributed by atoms with E-state index in [1.165, 1.54) is 25.3 Å². The van der Waals surface area contributed by atoms with Gasteiger partial charge in [0.2, 0.25) is 5.82 Å². The molecule has 1 aliphatic heterocycles. The van der Waals surface area contributed by atoms with Crippen molar-refractivity contribution >= 4 is 6.29 Å². The van der Waals surface area contributed by atoms with Crippen LogP contribution in [0, 0.1) is 23.4 Å².